The first-order chi connectivity index (χ1) is 8.10. The average Bonchev–Trinajstić information content (AvgIpc) is 2.30. The maximum atomic E-state index is 10.9. The molecule has 7 heteroatoms. The largest absolute Gasteiger partial charge is 0.396 e. The van der Waals surface area contributed by atoms with Crippen molar-refractivity contribution in [3.63, 3.8) is 0 Å². The van der Waals surface area contributed by atoms with E-state index in [1.54, 1.807) is 6.07 Å². The van der Waals surface area contributed by atoms with Gasteiger partial charge in [0.2, 0.25) is 0 Å². The van der Waals surface area contributed by atoms with Crippen molar-refractivity contribution in [2.75, 3.05) is 18.5 Å². The summed E-state index contributed by atoms with van der Waals surface area (Å²) >= 11 is 1.94. The van der Waals surface area contributed by atoms with Gasteiger partial charge in [-0.05, 0) is 35.1 Å². The zero-order valence-electron chi connectivity index (χ0n) is 8.81. The van der Waals surface area contributed by atoms with Gasteiger partial charge in [0, 0.05) is 22.8 Å². The van der Waals surface area contributed by atoms with Crippen molar-refractivity contribution in [3.05, 3.63) is 31.4 Å². The molecule has 0 aliphatic carbocycles. The second-order valence-electron chi connectivity index (χ2n) is 3.23. The fraction of sp³-hybridized carbons (Fsp3) is 0.300. The van der Waals surface area contributed by atoms with Crippen molar-refractivity contribution in [1.82, 2.24) is 0 Å². The molecule has 17 heavy (non-hydrogen) atoms. The number of benzene rings is 1. The number of aliphatic hydroxyl groups is 1. The molecule has 0 aromatic heterocycles. The van der Waals surface area contributed by atoms with Crippen molar-refractivity contribution >= 4 is 34.0 Å². The zero-order chi connectivity index (χ0) is 12.8. The first-order valence-electron chi connectivity index (χ1n) is 4.83. The van der Waals surface area contributed by atoms with E-state index in [9.17, 15) is 10.1 Å². The van der Waals surface area contributed by atoms with E-state index in [1.165, 1.54) is 6.07 Å². The van der Waals surface area contributed by atoms with Crippen LogP contribution in [0.4, 0.5) is 11.4 Å². The first-order valence-corrected chi connectivity index (χ1v) is 5.90. The lowest BCUT2D eigenvalue weighted by Crippen LogP contribution is -2.07. The van der Waals surface area contributed by atoms with Crippen LogP contribution in [0.1, 0.15) is 12.0 Å². The van der Waals surface area contributed by atoms with Gasteiger partial charge in [0.25, 0.3) is 5.69 Å². The van der Waals surface area contributed by atoms with E-state index >= 15 is 0 Å². The number of halogens is 1. The number of nitrogens with zero attached hydrogens (tertiary/aromatic N) is 2. The Morgan fingerprint density at radius 2 is 2.29 bits per heavy atom. The van der Waals surface area contributed by atoms with Gasteiger partial charge in [-0.1, -0.05) is 0 Å². The third kappa shape index (κ3) is 3.54. The molecule has 0 amide bonds. The monoisotopic (exact) mass is 347 g/mol. The quantitative estimate of drug-likeness (QED) is 0.367. The summed E-state index contributed by atoms with van der Waals surface area (Å²) in [7, 11) is 0. The molecule has 0 aliphatic heterocycles. The van der Waals surface area contributed by atoms with E-state index in [0.29, 0.717) is 22.2 Å². The SMILES string of the molecule is N#Cc1cc(I)c(NCCCO)c([N+](=O)[O-])c1. The van der Waals surface area contributed by atoms with Crippen molar-refractivity contribution in [1.29, 1.82) is 5.26 Å². The lowest BCUT2D eigenvalue weighted by molar-refractivity contribution is -0.384. The number of aliphatic hydroxyl groups excluding tert-OH is 1. The van der Waals surface area contributed by atoms with Gasteiger partial charge in [0.05, 0.1) is 16.6 Å². The van der Waals surface area contributed by atoms with E-state index in [-0.39, 0.29) is 17.9 Å². The van der Waals surface area contributed by atoms with Crippen LogP contribution < -0.4 is 5.32 Å². The minimum atomic E-state index is -0.524. The number of nitriles is 1. The summed E-state index contributed by atoms with van der Waals surface area (Å²) in [6.07, 6.45) is 0.507. The fourth-order valence-corrected chi connectivity index (χ4v) is 2.07. The van der Waals surface area contributed by atoms with Crippen molar-refractivity contribution in [3.8, 4) is 6.07 Å². The highest BCUT2D eigenvalue weighted by molar-refractivity contribution is 14.1. The van der Waals surface area contributed by atoms with Crippen molar-refractivity contribution < 1.29 is 10.0 Å². The topological polar surface area (TPSA) is 99.2 Å². The molecule has 1 aromatic rings. The summed E-state index contributed by atoms with van der Waals surface area (Å²) in [5, 5.41) is 31.2. The fourth-order valence-electron chi connectivity index (χ4n) is 1.27. The summed E-state index contributed by atoms with van der Waals surface area (Å²) < 4.78 is 0.617. The molecule has 1 aromatic carbocycles. The summed E-state index contributed by atoms with van der Waals surface area (Å²) in [5.41, 5.74) is 0.531. The smallest absolute Gasteiger partial charge is 0.294 e. The highest BCUT2D eigenvalue weighted by atomic mass is 127. The molecule has 0 atom stereocenters. The number of hydrogen-bond donors (Lipinski definition) is 2. The van der Waals surface area contributed by atoms with Gasteiger partial charge in [-0.2, -0.15) is 5.26 Å². The van der Waals surface area contributed by atoms with Gasteiger partial charge in [-0.25, -0.2) is 0 Å². The minimum Gasteiger partial charge on any atom is -0.396 e. The van der Waals surface area contributed by atoms with Crippen LogP contribution in [-0.2, 0) is 0 Å². The average molecular weight is 347 g/mol. The predicted octanol–water partition coefficient (Wildman–Crippen LogP) is 1.87. The van der Waals surface area contributed by atoms with E-state index < -0.39 is 4.92 Å². The molecule has 0 heterocycles. The lowest BCUT2D eigenvalue weighted by atomic mass is 10.2. The van der Waals surface area contributed by atoms with Gasteiger partial charge >= 0.3 is 0 Å². The van der Waals surface area contributed by atoms with E-state index in [1.807, 2.05) is 28.7 Å². The molecular weight excluding hydrogens is 337 g/mol. The van der Waals surface area contributed by atoms with Crippen LogP contribution in [0.2, 0.25) is 0 Å². The Morgan fingerprint density at radius 3 is 2.82 bits per heavy atom. The minimum absolute atomic E-state index is 0.0215. The highest BCUT2D eigenvalue weighted by Gasteiger charge is 2.18. The standard InChI is InChI=1S/C10H10IN3O3/c11-8-4-7(6-12)5-9(14(16)17)10(8)13-2-1-3-15/h4-5,13,15H,1-3H2. The number of rotatable bonds is 5. The summed E-state index contributed by atoms with van der Waals surface area (Å²) in [5.74, 6) is 0. The Bertz CT molecular complexity index is 471. The van der Waals surface area contributed by atoms with Gasteiger partial charge in [0.15, 0.2) is 0 Å². The van der Waals surface area contributed by atoms with Crippen LogP contribution in [0.25, 0.3) is 0 Å². The Kier molecular flexibility index (Phi) is 5.11. The highest BCUT2D eigenvalue weighted by Crippen LogP contribution is 2.31. The summed E-state index contributed by atoms with van der Waals surface area (Å²) in [6, 6.07) is 4.70. The molecule has 90 valence electrons. The van der Waals surface area contributed by atoms with Crippen molar-refractivity contribution in [2.24, 2.45) is 0 Å². The van der Waals surface area contributed by atoms with Crippen LogP contribution in [0.5, 0.6) is 0 Å². The van der Waals surface area contributed by atoms with Crippen LogP contribution in [0.15, 0.2) is 12.1 Å². The number of nitrogens with one attached hydrogen (secondary N) is 1. The molecule has 0 bridgehead atoms. The Balaban J connectivity index is 3.09. The van der Waals surface area contributed by atoms with Crippen LogP contribution in [0.3, 0.4) is 0 Å². The van der Waals surface area contributed by atoms with Gasteiger partial charge in [-0.3, -0.25) is 10.1 Å². The van der Waals surface area contributed by atoms with Crippen molar-refractivity contribution in [2.45, 2.75) is 6.42 Å². The number of nitro benzene ring substituents is 1. The molecule has 0 saturated carbocycles. The normalized spacial score (nSPS) is 9.71. The molecule has 6 nitrogen and oxygen atoms in total. The van der Waals surface area contributed by atoms with Gasteiger partial charge < -0.3 is 10.4 Å². The molecule has 0 aliphatic rings. The summed E-state index contributed by atoms with van der Waals surface area (Å²) in [4.78, 5) is 10.4. The maximum Gasteiger partial charge on any atom is 0.294 e. The predicted molar refractivity (Wildman–Crippen MR) is 70.7 cm³/mol. The molecule has 0 radical (unpaired) electrons. The summed E-state index contributed by atoms with van der Waals surface area (Å²) in [6.45, 7) is 0.465. The Morgan fingerprint density at radius 1 is 1.59 bits per heavy atom. The second-order valence-corrected chi connectivity index (χ2v) is 4.39. The second kappa shape index (κ2) is 6.36. The van der Waals surface area contributed by atoms with E-state index in [2.05, 4.69) is 5.32 Å². The number of hydrogen-bond acceptors (Lipinski definition) is 5. The third-order valence-electron chi connectivity index (χ3n) is 2.03. The molecule has 1 rings (SSSR count). The van der Waals surface area contributed by atoms with E-state index in [4.69, 9.17) is 10.4 Å². The molecular formula is C10H10IN3O3. The van der Waals surface area contributed by atoms with Crippen LogP contribution >= 0.6 is 22.6 Å². The van der Waals surface area contributed by atoms with Gasteiger partial charge in [-0.15, -0.1) is 0 Å². The lowest BCUT2D eigenvalue weighted by Gasteiger charge is -2.08. The molecule has 0 saturated heterocycles. The zero-order valence-corrected chi connectivity index (χ0v) is 11.0. The van der Waals surface area contributed by atoms with Crippen LogP contribution in [0, 0.1) is 25.0 Å². The molecule has 0 fully saturated rings. The third-order valence-corrected chi connectivity index (χ3v) is 2.88. The molecule has 2 N–H and O–H groups in total. The number of nitro groups is 1. The van der Waals surface area contributed by atoms with Crippen LogP contribution in [-0.4, -0.2) is 23.2 Å². The van der Waals surface area contributed by atoms with E-state index in [0.717, 1.165) is 0 Å². The Labute approximate surface area is 112 Å². The molecule has 0 spiro atoms. The number of anilines is 1. The maximum absolute atomic E-state index is 10.9. The molecule has 0 unspecified atom stereocenters. The van der Waals surface area contributed by atoms with Gasteiger partial charge in [0.1, 0.15) is 5.69 Å². The first kappa shape index (κ1) is 13.7. The Hall–Kier alpha value is -1.40.